The molecular weight excluding hydrogens is 242 g/mol. The lowest BCUT2D eigenvalue weighted by Crippen LogP contribution is -2.09. The highest BCUT2D eigenvalue weighted by atomic mass is 35.5. The second-order valence-electron chi connectivity index (χ2n) is 3.51. The molecule has 0 saturated carbocycles. The van der Waals surface area contributed by atoms with Gasteiger partial charge in [0.2, 0.25) is 0 Å². The van der Waals surface area contributed by atoms with Crippen molar-refractivity contribution in [3.05, 3.63) is 28.5 Å². The molecule has 1 aromatic heterocycles. The molecule has 0 N–H and O–H groups in total. The van der Waals surface area contributed by atoms with Gasteiger partial charge in [-0.25, -0.2) is 9.78 Å². The zero-order chi connectivity index (χ0) is 12.7. The Labute approximate surface area is 106 Å². The summed E-state index contributed by atoms with van der Waals surface area (Å²) in [4.78, 5) is 15.8. The number of esters is 1. The van der Waals surface area contributed by atoms with Crippen molar-refractivity contribution in [1.29, 1.82) is 0 Å². The number of hydrogen-bond acceptors (Lipinski definition) is 4. The number of carbonyl (C=O) groups excluding carboxylic acids is 1. The summed E-state index contributed by atoms with van der Waals surface area (Å²) in [5, 5.41) is 0.313. The Balaban J connectivity index is 2.59. The fourth-order valence-electron chi connectivity index (χ4n) is 1.30. The first-order valence-electron chi connectivity index (χ1n) is 5.50. The second kappa shape index (κ2) is 7.25. The highest BCUT2D eigenvalue weighted by molar-refractivity contribution is 6.29. The van der Waals surface area contributed by atoms with Crippen LogP contribution in [0.4, 0.5) is 0 Å². The van der Waals surface area contributed by atoms with E-state index in [2.05, 4.69) is 4.98 Å². The number of rotatable bonds is 6. The number of aryl methyl sites for hydroxylation is 1. The molecule has 94 valence electrons. The maximum atomic E-state index is 11.7. The van der Waals surface area contributed by atoms with Crippen LogP contribution in [-0.2, 0) is 15.9 Å². The average Bonchev–Trinajstić information content (AvgIpc) is 2.33. The Morgan fingerprint density at radius 1 is 1.41 bits per heavy atom. The van der Waals surface area contributed by atoms with Crippen molar-refractivity contribution in [2.24, 2.45) is 0 Å². The van der Waals surface area contributed by atoms with Crippen LogP contribution in [0.15, 0.2) is 12.1 Å². The van der Waals surface area contributed by atoms with Crippen LogP contribution in [0.5, 0.6) is 0 Å². The number of halogens is 1. The quantitative estimate of drug-likeness (QED) is 0.446. The molecule has 17 heavy (non-hydrogen) atoms. The van der Waals surface area contributed by atoms with E-state index in [1.54, 1.807) is 13.2 Å². The summed E-state index contributed by atoms with van der Waals surface area (Å²) in [6.45, 7) is 2.87. The minimum Gasteiger partial charge on any atom is -0.462 e. The Morgan fingerprint density at radius 2 is 2.18 bits per heavy atom. The summed E-state index contributed by atoms with van der Waals surface area (Å²) >= 11 is 5.82. The van der Waals surface area contributed by atoms with Crippen LogP contribution in [-0.4, -0.2) is 31.3 Å². The zero-order valence-electron chi connectivity index (χ0n) is 10.0. The molecule has 0 aliphatic carbocycles. The van der Waals surface area contributed by atoms with Gasteiger partial charge in [-0.2, -0.15) is 0 Å². The molecule has 0 atom stereocenters. The maximum Gasteiger partial charge on any atom is 0.338 e. The summed E-state index contributed by atoms with van der Waals surface area (Å²) in [6, 6.07) is 3.21. The van der Waals surface area contributed by atoms with Gasteiger partial charge in [0.25, 0.3) is 0 Å². The summed E-state index contributed by atoms with van der Waals surface area (Å²) < 4.78 is 9.94. The third-order valence-corrected chi connectivity index (χ3v) is 2.36. The van der Waals surface area contributed by atoms with Gasteiger partial charge in [-0.3, -0.25) is 0 Å². The first kappa shape index (κ1) is 13.9. The molecule has 0 aliphatic rings. The van der Waals surface area contributed by atoms with Crippen LogP contribution < -0.4 is 0 Å². The molecule has 1 heterocycles. The minimum absolute atomic E-state index is 0.313. The van der Waals surface area contributed by atoms with Crippen molar-refractivity contribution in [2.75, 3.05) is 20.3 Å². The topological polar surface area (TPSA) is 48.4 Å². The zero-order valence-corrected chi connectivity index (χ0v) is 10.8. The maximum absolute atomic E-state index is 11.7. The predicted octanol–water partition coefficient (Wildman–Crippen LogP) is 2.49. The van der Waals surface area contributed by atoms with E-state index in [4.69, 9.17) is 21.1 Å². The van der Waals surface area contributed by atoms with Gasteiger partial charge in [-0.15, -0.1) is 0 Å². The summed E-state index contributed by atoms with van der Waals surface area (Å²) in [5.41, 5.74) is 1.22. The van der Waals surface area contributed by atoms with Gasteiger partial charge < -0.3 is 9.47 Å². The molecular formula is C12H16ClNO3. The van der Waals surface area contributed by atoms with Crippen LogP contribution in [0, 0.1) is 0 Å². The van der Waals surface area contributed by atoms with E-state index >= 15 is 0 Å². The highest BCUT2D eigenvalue weighted by Crippen LogP contribution is 2.12. The van der Waals surface area contributed by atoms with Crippen molar-refractivity contribution < 1.29 is 14.3 Å². The number of ether oxygens (including phenoxy) is 2. The molecule has 0 amide bonds. The second-order valence-corrected chi connectivity index (χ2v) is 3.89. The largest absolute Gasteiger partial charge is 0.462 e. The lowest BCUT2D eigenvalue weighted by atomic mass is 10.2. The highest BCUT2D eigenvalue weighted by Gasteiger charge is 2.09. The molecule has 0 saturated heterocycles. The number of methoxy groups -OCH3 is 1. The van der Waals surface area contributed by atoms with Gasteiger partial charge >= 0.3 is 5.97 Å². The Hall–Kier alpha value is -1.13. The van der Waals surface area contributed by atoms with Gasteiger partial charge in [0.05, 0.1) is 12.2 Å². The van der Waals surface area contributed by atoms with Crippen molar-refractivity contribution in [1.82, 2.24) is 4.98 Å². The fraction of sp³-hybridized carbons (Fsp3) is 0.500. The molecule has 5 heteroatoms. The SMILES string of the molecule is CCc1cc(C(=O)OCCCOC)cc(Cl)n1. The van der Waals surface area contributed by atoms with E-state index in [9.17, 15) is 4.79 Å². The molecule has 0 unspecified atom stereocenters. The molecule has 4 nitrogen and oxygen atoms in total. The number of carbonyl (C=O) groups is 1. The molecule has 0 aromatic carbocycles. The average molecular weight is 258 g/mol. The lowest BCUT2D eigenvalue weighted by molar-refractivity contribution is 0.0468. The van der Waals surface area contributed by atoms with Gasteiger partial charge in [-0.05, 0) is 18.6 Å². The normalized spacial score (nSPS) is 10.3. The fourth-order valence-corrected chi connectivity index (χ4v) is 1.53. The van der Waals surface area contributed by atoms with Crippen molar-refractivity contribution in [2.45, 2.75) is 19.8 Å². The van der Waals surface area contributed by atoms with Crippen molar-refractivity contribution in [3.63, 3.8) is 0 Å². The number of nitrogens with zero attached hydrogens (tertiary/aromatic N) is 1. The number of pyridine rings is 1. The summed E-state index contributed by atoms with van der Waals surface area (Å²) in [6.07, 6.45) is 1.41. The Bertz CT molecular complexity index is 382. The molecule has 0 bridgehead atoms. The van der Waals surface area contributed by atoms with E-state index in [0.717, 1.165) is 12.1 Å². The minimum atomic E-state index is -0.375. The van der Waals surface area contributed by atoms with E-state index < -0.39 is 0 Å². The smallest absolute Gasteiger partial charge is 0.338 e. The van der Waals surface area contributed by atoms with Gasteiger partial charge in [0.15, 0.2) is 0 Å². The van der Waals surface area contributed by atoms with Crippen LogP contribution in [0.25, 0.3) is 0 Å². The van der Waals surface area contributed by atoms with Gasteiger partial charge in [-0.1, -0.05) is 18.5 Å². The van der Waals surface area contributed by atoms with Crippen molar-refractivity contribution in [3.8, 4) is 0 Å². The predicted molar refractivity (Wildman–Crippen MR) is 65.4 cm³/mol. The number of aromatic nitrogens is 1. The molecule has 0 fully saturated rings. The van der Waals surface area contributed by atoms with Crippen LogP contribution in [0.2, 0.25) is 5.15 Å². The van der Waals surface area contributed by atoms with Crippen molar-refractivity contribution >= 4 is 17.6 Å². The summed E-state index contributed by atoms with van der Waals surface area (Å²) in [5.74, 6) is -0.375. The molecule has 1 aromatic rings. The first-order chi connectivity index (χ1) is 8.17. The third-order valence-electron chi connectivity index (χ3n) is 2.17. The third kappa shape index (κ3) is 4.71. The lowest BCUT2D eigenvalue weighted by Gasteiger charge is -2.06. The first-order valence-corrected chi connectivity index (χ1v) is 5.87. The van der Waals surface area contributed by atoms with Crippen LogP contribution in [0.3, 0.4) is 0 Å². The number of hydrogen-bond donors (Lipinski definition) is 0. The summed E-state index contributed by atoms with van der Waals surface area (Å²) in [7, 11) is 1.61. The molecule has 0 radical (unpaired) electrons. The van der Waals surface area contributed by atoms with Crippen LogP contribution in [0.1, 0.15) is 29.4 Å². The van der Waals surface area contributed by atoms with E-state index in [1.165, 1.54) is 6.07 Å². The van der Waals surface area contributed by atoms with E-state index in [0.29, 0.717) is 30.4 Å². The molecule has 1 rings (SSSR count). The van der Waals surface area contributed by atoms with E-state index in [-0.39, 0.29) is 5.97 Å². The molecule has 0 spiro atoms. The Morgan fingerprint density at radius 3 is 2.82 bits per heavy atom. The van der Waals surface area contributed by atoms with Gasteiger partial charge in [0, 0.05) is 25.8 Å². The monoisotopic (exact) mass is 257 g/mol. The van der Waals surface area contributed by atoms with Gasteiger partial charge in [0.1, 0.15) is 5.15 Å². The molecule has 0 aliphatic heterocycles. The standard InChI is InChI=1S/C12H16ClNO3/c1-3-10-7-9(8-11(13)14-10)12(15)17-6-4-5-16-2/h7-8H,3-6H2,1-2H3. The van der Waals surface area contributed by atoms with E-state index in [1.807, 2.05) is 6.92 Å². The van der Waals surface area contributed by atoms with Crippen LogP contribution >= 0.6 is 11.6 Å². The Kier molecular flexibility index (Phi) is 5.94.